The molecule has 0 aromatic heterocycles. The minimum Gasteiger partial charge on any atom is -0.478 e. The summed E-state index contributed by atoms with van der Waals surface area (Å²) >= 11 is 0. The maximum Gasteiger partial charge on any atom is 0.335 e. The zero-order chi connectivity index (χ0) is 11.3. The molecule has 76 valence electrons. The van der Waals surface area contributed by atoms with Crippen molar-refractivity contribution in [2.24, 2.45) is 0 Å². The molecule has 14 heavy (non-hydrogen) atoms. The van der Waals surface area contributed by atoms with E-state index < -0.39 is 11.9 Å². The van der Waals surface area contributed by atoms with Gasteiger partial charge in [-0.25, -0.2) is 9.59 Å². The summed E-state index contributed by atoms with van der Waals surface area (Å²) in [4.78, 5) is 21.2. The SMILES string of the molecule is C=CC(C)=C(C=C(C)C(=O)O)C(=O)O. The molecule has 0 aromatic rings. The second-order valence-electron chi connectivity index (χ2n) is 2.74. The van der Waals surface area contributed by atoms with Crippen molar-refractivity contribution in [3.8, 4) is 0 Å². The van der Waals surface area contributed by atoms with Gasteiger partial charge >= 0.3 is 11.9 Å². The molecule has 0 aliphatic carbocycles. The van der Waals surface area contributed by atoms with Crippen LogP contribution in [0.4, 0.5) is 0 Å². The van der Waals surface area contributed by atoms with Crippen molar-refractivity contribution in [3.05, 3.63) is 35.5 Å². The minimum absolute atomic E-state index is 0.0244. The van der Waals surface area contributed by atoms with Crippen molar-refractivity contribution >= 4 is 11.9 Å². The molecule has 0 saturated heterocycles. The minimum atomic E-state index is -1.16. The molecule has 2 N–H and O–H groups in total. The molecule has 0 amide bonds. The lowest BCUT2D eigenvalue weighted by atomic mass is 10.1. The van der Waals surface area contributed by atoms with Crippen LogP contribution in [-0.2, 0) is 9.59 Å². The highest BCUT2D eigenvalue weighted by molar-refractivity contribution is 5.95. The molecule has 0 heterocycles. The quantitative estimate of drug-likeness (QED) is 0.529. The second kappa shape index (κ2) is 5.01. The van der Waals surface area contributed by atoms with E-state index in [1.807, 2.05) is 0 Å². The Labute approximate surface area is 81.9 Å². The van der Waals surface area contributed by atoms with Crippen LogP contribution in [0.2, 0.25) is 0 Å². The van der Waals surface area contributed by atoms with Gasteiger partial charge in [-0.1, -0.05) is 12.7 Å². The molecule has 0 unspecified atom stereocenters. The highest BCUT2D eigenvalue weighted by Crippen LogP contribution is 2.10. The van der Waals surface area contributed by atoms with Gasteiger partial charge in [-0.2, -0.15) is 0 Å². The summed E-state index contributed by atoms with van der Waals surface area (Å²) in [6, 6.07) is 0. The van der Waals surface area contributed by atoms with Crippen molar-refractivity contribution in [2.75, 3.05) is 0 Å². The first-order valence-electron chi connectivity index (χ1n) is 3.88. The summed E-state index contributed by atoms with van der Waals surface area (Å²) in [6.07, 6.45) is 2.48. The average molecular weight is 196 g/mol. The Kier molecular flexibility index (Phi) is 4.35. The standard InChI is InChI=1S/C10H12O4/c1-4-6(2)8(10(13)14)5-7(3)9(11)12/h4-5H,1H2,2-3H3,(H,11,12)(H,13,14). The van der Waals surface area contributed by atoms with Crippen LogP contribution in [0.5, 0.6) is 0 Å². The van der Waals surface area contributed by atoms with Gasteiger partial charge in [0.1, 0.15) is 0 Å². The monoisotopic (exact) mass is 196 g/mol. The molecule has 4 heteroatoms. The zero-order valence-electron chi connectivity index (χ0n) is 8.07. The fourth-order valence-electron chi connectivity index (χ4n) is 0.732. The summed E-state index contributed by atoms with van der Waals surface area (Å²) in [5, 5.41) is 17.3. The maximum atomic E-state index is 10.7. The lowest BCUT2D eigenvalue weighted by Gasteiger charge is -2.00. The first kappa shape index (κ1) is 12.2. The molecule has 0 rings (SSSR count). The number of carbonyl (C=O) groups is 2. The molecule has 0 atom stereocenters. The van der Waals surface area contributed by atoms with Gasteiger partial charge in [0.15, 0.2) is 0 Å². The normalized spacial score (nSPS) is 13.1. The Balaban J connectivity index is 5.28. The first-order chi connectivity index (χ1) is 6.40. The highest BCUT2D eigenvalue weighted by atomic mass is 16.4. The second-order valence-corrected chi connectivity index (χ2v) is 2.74. The molecular weight excluding hydrogens is 184 g/mol. The third-order valence-corrected chi connectivity index (χ3v) is 1.66. The first-order valence-corrected chi connectivity index (χ1v) is 3.88. The van der Waals surface area contributed by atoms with Gasteiger partial charge in [0.05, 0.1) is 5.57 Å². The number of allylic oxidation sites excluding steroid dienone is 2. The van der Waals surface area contributed by atoms with E-state index in [4.69, 9.17) is 10.2 Å². The molecule has 0 aliphatic rings. The Hall–Kier alpha value is -1.84. The molecular formula is C10H12O4. The Morgan fingerprint density at radius 3 is 1.93 bits per heavy atom. The topological polar surface area (TPSA) is 74.6 Å². The van der Waals surface area contributed by atoms with Crippen molar-refractivity contribution in [3.63, 3.8) is 0 Å². The van der Waals surface area contributed by atoms with Crippen LogP contribution in [0, 0.1) is 0 Å². The molecule has 0 aliphatic heterocycles. The lowest BCUT2D eigenvalue weighted by Crippen LogP contribution is -2.04. The van der Waals surface area contributed by atoms with E-state index in [0.29, 0.717) is 5.57 Å². The van der Waals surface area contributed by atoms with E-state index in [0.717, 1.165) is 6.08 Å². The van der Waals surface area contributed by atoms with Crippen LogP contribution in [0.15, 0.2) is 35.5 Å². The number of carboxylic acid groups (broad SMARTS) is 2. The van der Waals surface area contributed by atoms with Crippen LogP contribution in [0.25, 0.3) is 0 Å². The van der Waals surface area contributed by atoms with Gasteiger partial charge in [-0.15, -0.1) is 0 Å². The summed E-state index contributed by atoms with van der Waals surface area (Å²) < 4.78 is 0. The smallest absolute Gasteiger partial charge is 0.335 e. The van der Waals surface area contributed by atoms with E-state index in [-0.39, 0.29) is 11.1 Å². The van der Waals surface area contributed by atoms with E-state index >= 15 is 0 Å². The van der Waals surface area contributed by atoms with Crippen LogP contribution >= 0.6 is 0 Å². The van der Waals surface area contributed by atoms with Crippen molar-refractivity contribution in [2.45, 2.75) is 13.8 Å². The molecule has 0 spiro atoms. The van der Waals surface area contributed by atoms with Gasteiger partial charge in [-0.05, 0) is 25.5 Å². The highest BCUT2D eigenvalue weighted by Gasteiger charge is 2.09. The number of rotatable bonds is 4. The van der Waals surface area contributed by atoms with Gasteiger partial charge in [0, 0.05) is 5.57 Å². The van der Waals surface area contributed by atoms with Gasteiger partial charge in [0.25, 0.3) is 0 Å². The average Bonchev–Trinajstić information content (AvgIpc) is 2.11. The molecule has 0 radical (unpaired) electrons. The molecule has 4 nitrogen and oxygen atoms in total. The Bertz CT molecular complexity index is 334. The van der Waals surface area contributed by atoms with Gasteiger partial charge < -0.3 is 10.2 Å². The van der Waals surface area contributed by atoms with Crippen molar-refractivity contribution in [1.82, 2.24) is 0 Å². The Morgan fingerprint density at radius 1 is 1.14 bits per heavy atom. The molecule has 0 fully saturated rings. The van der Waals surface area contributed by atoms with Gasteiger partial charge in [-0.3, -0.25) is 0 Å². The number of hydrogen-bond acceptors (Lipinski definition) is 2. The lowest BCUT2D eigenvalue weighted by molar-refractivity contribution is -0.132. The fraction of sp³-hybridized carbons (Fsp3) is 0.200. The largest absolute Gasteiger partial charge is 0.478 e. The summed E-state index contributed by atoms with van der Waals surface area (Å²) in [5.74, 6) is -2.30. The number of aliphatic carboxylic acids is 2. The van der Waals surface area contributed by atoms with Crippen LogP contribution in [0.3, 0.4) is 0 Å². The van der Waals surface area contributed by atoms with E-state index in [2.05, 4.69) is 6.58 Å². The molecule has 0 bridgehead atoms. The molecule has 0 saturated carbocycles. The molecule has 0 aromatic carbocycles. The van der Waals surface area contributed by atoms with Crippen LogP contribution in [-0.4, -0.2) is 22.2 Å². The summed E-state index contributed by atoms with van der Waals surface area (Å²) in [7, 11) is 0. The van der Waals surface area contributed by atoms with E-state index in [9.17, 15) is 9.59 Å². The third kappa shape index (κ3) is 3.26. The Morgan fingerprint density at radius 2 is 1.64 bits per heavy atom. The predicted octanol–water partition coefficient (Wildman–Crippen LogP) is 1.60. The summed E-state index contributed by atoms with van der Waals surface area (Å²) in [6.45, 7) is 6.31. The number of hydrogen-bond donors (Lipinski definition) is 2. The third-order valence-electron chi connectivity index (χ3n) is 1.66. The van der Waals surface area contributed by atoms with Crippen LogP contribution < -0.4 is 0 Å². The van der Waals surface area contributed by atoms with Crippen molar-refractivity contribution < 1.29 is 19.8 Å². The van der Waals surface area contributed by atoms with Gasteiger partial charge in [0.2, 0.25) is 0 Å². The predicted molar refractivity (Wildman–Crippen MR) is 51.9 cm³/mol. The van der Waals surface area contributed by atoms with E-state index in [1.165, 1.54) is 13.0 Å². The van der Waals surface area contributed by atoms with Crippen molar-refractivity contribution in [1.29, 1.82) is 0 Å². The zero-order valence-corrected chi connectivity index (χ0v) is 8.07. The fourth-order valence-corrected chi connectivity index (χ4v) is 0.732. The van der Waals surface area contributed by atoms with E-state index in [1.54, 1.807) is 6.92 Å². The van der Waals surface area contributed by atoms with Crippen LogP contribution in [0.1, 0.15) is 13.8 Å². The number of carboxylic acids is 2. The maximum absolute atomic E-state index is 10.7. The summed E-state index contributed by atoms with van der Waals surface area (Å²) in [5.41, 5.74) is 0.349.